The molecule has 0 spiro atoms. The number of halogens is 2. The highest BCUT2D eigenvalue weighted by Crippen LogP contribution is 2.31. The van der Waals surface area contributed by atoms with Crippen LogP contribution in [-0.2, 0) is 10.0 Å². The van der Waals surface area contributed by atoms with Crippen molar-refractivity contribution in [3.05, 3.63) is 33.4 Å². The lowest BCUT2D eigenvalue weighted by molar-refractivity contribution is 0.430. The van der Waals surface area contributed by atoms with E-state index in [0.29, 0.717) is 11.3 Å². The fourth-order valence-electron chi connectivity index (χ4n) is 1.41. The molecule has 0 fully saturated rings. The number of aryl methyl sites for hydroxylation is 1. The largest absolute Gasteiger partial charge is 0.396 e. The summed E-state index contributed by atoms with van der Waals surface area (Å²) in [5.41, 5.74) is 6.88. The molecule has 0 atom stereocenters. The van der Waals surface area contributed by atoms with E-state index in [2.05, 4.69) is 9.88 Å². The van der Waals surface area contributed by atoms with Crippen molar-refractivity contribution in [1.82, 2.24) is 5.16 Å². The van der Waals surface area contributed by atoms with E-state index in [1.807, 2.05) is 0 Å². The van der Waals surface area contributed by atoms with Gasteiger partial charge in [-0.1, -0.05) is 28.4 Å². The van der Waals surface area contributed by atoms with Crippen LogP contribution in [0.1, 0.15) is 11.3 Å². The van der Waals surface area contributed by atoms with Gasteiger partial charge >= 0.3 is 0 Å². The monoisotopic (exact) mass is 335 g/mol. The van der Waals surface area contributed by atoms with Crippen molar-refractivity contribution in [2.45, 2.75) is 18.7 Å². The summed E-state index contributed by atoms with van der Waals surface area (Å²) >= 11 is 11.7. The Balaban J connectivity index is 2.43. The van der Waals surface area contributed by atoms with E-state index in [4.69, 9.17) is 33.5 Å². The standard InChI is InChI=1S/C11H11Cl2N3O3S/c1-5-6(2)15-19-11(5)16-20(17,18)7-3-8(12)10(14)9(13)4-7/h3-4,16H,14H2,1-2H3. The number of nitrogens with one attached hydrogen (secondary N) is 1. The summed E-state index contributed by atoms with van der Waals surface area (Å²) in [6.45, 7) is 3.39. The van der Waals surface area contributed by atoms with Crippen molar-refractivity contribution >= 4 is 44.8 Å². The van der Waals surface area contributed by atoms with E-state index >= 15 is 0 Å². The number of aromatic nitrogens is 1. The van der Waals surface area contributed by atoms with Gasteiger partial charge in [0, 0.05) is 5.56 Å². The molecular formula is C11H11Cl2N3O3S. The first-order valence-corrected chi connectivity index (χ1v) is 7.66. The maximum atomic E-state index is 12.2. The zero-order valence-electron chi connectivity index (χ0n) is 10.6. The molecular weight excluding hydrogens is 325 g/mol. The van der Waals surface area contributed by atoms with Gasteiger partial charge in [-0.05, 0) is 26.0 Å². The van der Waals surface area contributed by atoms with Gasteiger partial charge in [0.25, 0.3) is 10.0 Å². The number of anilines is 2. The topological polar surface area (TPSA) is 98.2 Å². The Morgan fingerprint density at radius 2 is 1.80 bits per heavy atom. The number of rotatable bonds is 3. The quantitative estimate of drug-likeness (QED) is 0.840. The second-order valence-electron chi connectivity index (χ2n) is 4.13. The number of benzene rings is 1. The predicted octanol–water partition coefficient (Wildman–Crippen LogP) is 2.98. The minimum absolute atomic E-state index is 0.0477. The van der Waals surface area contributed by atoms with Crippen molar-refractivity contribution in [2.24, 2.45) is 0 Å². The molecule has 0 saturated heterocycles. The van der Waals surface area contributed by atoms with Crippen LogP contribution in [0.5, 0.6) is 0 Å². The van der Waals surface area contributed by atoms with Gasteiger partial charge in [-0.3, -0.25) is 0 Å². The Kier molecular flexibility index (Phi) is 3.86. The number of hydrogen-bond acceptors (Lipinski definition) is 5. The molecule has 6 nitrogen and oxygen atoms in total. The highest BCUT2D eigenvalue weighted by Gasteiger charge is 2.21. The molecule has 1 aromatic heterocycles. The van der Waals surface area contributed by atoms with Crippen LogP contribution in [0.15, 0.2) is 21.6 Å². The zero-order valence-corrected chi connectivity index (χ0v) is 12.9. The molecule has 0 aliphatic carbocycles. The molecule has 1 heterocycles. The average molecular weight is 336 g/mol. The normalized spacial score (nSPS) is 11.6. The van der Waals surface area contributed by atoms with E-state index in [9.17, 15) is 8.42 Å². The van der Waals surface area contributed by atoms with Gasteiger partial charge in [0.05, 0.1) is 26.3 Å². The van der Waals surface area contributed by atoms with Crippen LogP contribution >= 0.6 is 23.2 Å². The van der Waals surface area contributed by atoms with E-state index in [-0.39, 0.29) is 26.5 Å². The maximum Gasteiger partial charge on any atom is 0.264 e. The third-order valence-corrected chi connectivity index (χ3v) is 4.68. The van der Waals surface area contributed by atoms with Gasteiger partial charge in [0.15, 0.2) is 0 Å². The minimum atomic E-state index is -3.89. The fourth-order valence-corrected chi connectivity index (χ4v) is 3.12. The van der Waals surface area contributed by atoms with Crippen molar-refractivity contribution in [2.75, 3.05) is 10.5 Å². The maximum absolute atomic E-state index is 12.2. The third kappa shape index (κ3) is 2.70. The van der Waals surface area contributed by atoms with Gasteiger partial charge in [0.2, 0.25) is 5.88 Å². The molecule has 0 amide bonds. The summed E-state index contributed by atoms with van der Waals surface area (Å²) < 4.78 is 31.6. The number of sulfonamides is 1. The van der Waals surface area contributed by atoms with Crippen LogP contribution in [0.4, 0.5) is 11.6 Å². The first-order valence-electron chi connectivity index (χ1n) is 5.42. The summed E-state index contributed by atoms with van der Waals surface area (Å²) in [6, 6.07) is 2.42. The van der Waals surface area contributed by atoms with Crippen LogP contribution in [-0.4, -0.2) is 13.6 Å². The summed E-state index contributed by atoms with van der Waals surface area (Å²) in [4.78, 5) is -0.116. The van der Waals surface area contributed by atoms with Crippen LogP contribution in [0.25, 0.3) is 0 Å². The highest BCUT2D eigenvalue weighted by atomic mass is 35.5. The van der Waals surface area contributed by atoms with E-state index in [1.54, 1.807) is 13.8 Å². The minimum Gasteiger partial charge on any atom is -0.396 e. The van der Waals surface area contributed by atoms with Gasteiger partial charge in [-0.2, -0.15) is 0 Å². The van der Waals surface area contributed by atoms with Crippen molar-refractivity contribution in [1.29, 1.82) is 0 Å². The van der Waals surface area contributed by atoms with Crippen LogP contribution in [0, 0.1) is 13.8 Å². The third-order valence-electron chi connectivity index (χ3n) is 2.75. The zero-order chi connectivity index (χ0) is 15.1. The van der Waals surface area contributed by atoms with Crippen LogP contribution < -0.4 is 10.5 Å². The Labute approximate surface area is 125 Å². The summed E-state index contributed by atoms with van der Waals surface area (Å²) in [5, 5.41) is 3.79. The lowest BCUT2D eigenvalue weighted by atomic mass is 10.3. The molecule has 108 valence electrons. The molecule has 0 radical (unpaired) electrons. The molecule has 2 rings (SSSR count). The molecule has 3 N–H and O–H groups in total. The highest BCUT2D eigenvalue weighted by molar-refractivity contribution is 7.92. The SMILES string of the molecule is Cc1noc(NS(=O)(=O)c2cc(Cl)c(N)c(Cl)c2)c1C. The Bertz CT molecular complexity index is 748. The number of hydrogen-bond donors (Lipinski definition) is 2. The molecule has 20 heavy (non-hydrogen) atoms. The number of nitrogen functional groups attached to an aromatic ring is 1. The van der Waals surface area contributed by atoms with Gasteiger partial charge < -0.3 is 10.3 Å². The Morgan fingerprint density at radius 1 is 1.25 bits per heavy atom. The second kappa shape index (κ2) is 5.16. The Morgan fingerprint density at radius 3 is 2.25 bits per heavy atom. The molecule has 0 aliphatic rings. The van der Waals surface area contributed by atoms with Gasteiger partial charge in [0.1, 0.15) is 0 Å². The lowest BCUT2D eigenvalue weighted by Gasteiger charge is -2.08. The summed E-state index contributed by atoms with van der Waals surface area (Å²) in [5.74, 6) is 0.0477. The van der Waals surface area contributed by atoms with E-state index in [0.717, 1.165) is 0 Å². The fraction of sp³-hybridized carbons (Fsp3) is 0.182. The van der Waals surface area contributed by atoms with Gasteiger partial charge in [-0.15, -0.1) is 0 Å². The van der Waals surface area contributed by atoms with Crippen molar-refractivity contribution in [3.63, 3.8) is 0 Å². The molecule has 0 unspecified atom stereocenters. The molecule has 2 aromatic rings. The predicted molar refractivity (Wildman–Crippen MR) is 77.7 cm³/mol. The molecule has 0 saturated carbocycles. The molecule has 0 bridgehead atoms. The van der Waals surface area contributed by atoms with Crippen molar-refractivity contribution < 1.29 is 12.9 Å². The summed E-state index contributed by atoms with van der Waals surface area (Å²) in [6.07, 6.45) is 0. The smallest absolute Gasteiger partial charge is 0.264 e. The second-order valence-corrected chi connectivity index (χ2v) is 6.63. The Hall–Kier alpha value is -1.44. The average Bonchev–Trinajstić information content (AvgIpc) is 2.67. The first kappa shape index (κ1) is 15.0. The lowest BCUT2D eigenvalue weighted by Crippen LogP contribution is -2.13. The number of nitrogens with zero attached hydrogens (tertiary/aromatic N) is 1. The number of nitrogens with two attached hydrogens (primary N) is 1. The van der Waals surface area contributed by atoms with Crippen LogP contribution in [0.2, 0.25) is 10.0 Å². The van der Waals surface area contributed by atoms with E-state index in [1.165, 1.54) is 12.1 Å². The molecule has 1 aromatic carbocycles. The van der Waals surface area contributed by atoms with Gasteiger partial charge in [-0.25, -0.2) is 13.1 Å². The van der Waals surface area contributed by atoms with Crippen LogP contribution in [0.3, 0.4) is 0 Å². The molecule has 0 aliphatic heterocycles. The van der Waals surface area contributed by atoms with Crippen molar-refractivity contribution in [3.8, 4) is 0 Å². The summed E-state index contributed by atoms with van der Waals surface area (Å²) in [7, 11) is -3.89. The first-order chi connectivity index (χ1) is 9.22. The van der Waals surface area contributed by atoms with E-state index < -0.39 is 10.0 Å². The molecule has 9 heteroatoms.